The molecule has 1 fully saturated rings. The molecule has 0 aromatic heterocycles. The van der Waals surface area contributed by atoms with Gasteiger partial charge in [-0.25, -0.2) is 0 Å². The zero-order valence-electron chi connectivity index (χ0n) is 8.95. The van der Waals surface area contributed by atoms with Crippen molar-refractivity contribution < 1.29 is 4.74 Å². The van der Waals surface area contributed by atoms with Crippen LogP contribution < -0.4 is 4.74 Å². The molecule has 82 valence electrons. The smallest absolute Gasteiger partial charge is 0.119 e. The fourth-order valence-corrected chi connectivity index (χ4v) is 2.25. The first kappa shape index (κ1) is 10.8. The third-order valence-electron chi connectivity index (χ3n) is 2.76. The maximum absolute atomic E-state index is 6.07. The molecular weight excluding hydrogens is 210 g/mol. The van der Waals surface area contributed by atoms with Crippen LogP contribution in [0.4, 0.5) is 0 Å². The van der Waals surface area contributed by atoms with Gasteiger partial charge in [-0.15, -0.1) is 11.6 Å². The minimum absolute atomic E-state index is 0.329. The molecule has 0 saturated carbocycles. The van der Waals surface area contributed by atoms with Crippen molar-refractivity contribution in [1.82, 2.24) is 4.90 Å². The van der Waals surface area contributed by atoms with Crippen LogP contribution in [-0.4, -0.2) is 30.5 Å². The molecule has 1 saturated heterocycles. The highest BCUT2D eigenvalue weighted by atomic mass is 35.5. The summed E-state index contributed by atoms with van der Waals surface area (Å²) in [6.07, 6.45) is 1.10. The molecule has 2 rings (SSSR count). The van der Waals surface area contributed by atoms with E-state index in [4.69, 9.17) is 16.3 Å². The molecule has 1 unspecified atom stereocenters. The van der Waals surface area contributed by atoms with Crippen LogP contribution in [0.1, 0.15) is 12.0 Å². The van der Waals surface area contributed by atoms with E-state index in [2.05, 4.69) is 17.0 Å². The Morgan fingerprint density at radius 2 is 2.40 bits per heavy atom. The molecule has 0 radical (unpaired) electrons. The van der Waals surface area contributed by atoms with E-state index in [0.29, 0.717) is 5.38 Å². The number of benzene rings is 1. The van der Waals surface area contributed by atoms with Gasteiger partial charge in [0.15, 0.2) is 0 Å². The Morgan fingerprint density at radius 3 is 3.07 bits per heavy atom. The summed E-state index contributed by atoms with van der Waals surface area (Å²) < 4.78 is 5.20. The molecule has 0 spiro atoms. The van der Waals surface area contributed by atoms with Crippen LogP contribution in [0.5, 0.6) is 5.75 Å². The average Bonchev–Trinajstić information content (AvgIpc) is 2.64. The van der Waals surface area contributed by atoms with E-state index in [1.807, 2.05) is 12.1 Å². The Hall–Kier alpha value is -0.730. The number of rotatable bonds is 3. The van der Waals surface area contributed by atoms with Gasteiger partial charge < -0.3 is 4.74 Å². The molecule has 1 aromatic rings. The summed E-state index contributed by atoms with van der Waals surface area (Å²) >= 11 is 6.07. The Balaban J connectivity index is 1.98. The zero-order chi connectivity index (χ0) is 10.7. The lowest BCUT2D eigenvalue weighted by atomic mass is 10.2. The number of hydrogen-bond acceptors (Lipinski definition) is 2. The number of hydrogen-bond donors (Lipinski definition) is 0. The second-order valence-corrected chi connectivity index (χ2v) is 4.59. The highest BCUT2D eigenvalue weighted by molar-refractivity contribution is 6.20. The predicted molar refractivity (Wildman–Crippen MR) is 62.5 cm³/mol. The van der Waals surface area contributed by atoms with Crippen molar-refractivity contribution in [3.05, 3.63) is 29.8 Å². The maximum Gasteiger partial charge on any atom is 0.119 e. The van der Waals surface area contributed by atoms with Gasteiger partial charge >= 0.3 is 0 Å². The van der Waals surface area contributed by atoms with Crippen LogP contribution >= 0.6 is 11.6 Å². The number of nitrogens with zero attached hydrogens (tertiary/aromatic N) is 1. The van der Waals surface area contributed by atoms with Crippen LogP contribution in [0.3, 0.4) is 0 Å². The summed E-state index contributed by atoms with van der Waals surface area (Å²) in [7, 11) is 1.70. The van der Waals surface area contributed by atoms with Crippen molar-refractivity contribution in [3.8, 4) is 5.75 Å². The van der Waals surface area contributed by atoms with E-state index in [0.717, 1.165) is 31.8 Å². The lowest BCUT2D eigenvalue weighted by molar-refractivity contribution is 0.331. The Morgan fingerprint density at radius 1 is 1.53 bits per heavy atom. The molecule has 0 aliphatic carbocycles. The molecule has 2 nitrogen and oxygen atoms in total. The van der Waals surface area contributed by atoms with Gasteiger partial charge in [0.25, 0.3) is 0 Å². The molecule has 0 amide bonds. The van der Waals surface area contributed by atoms with Gasteiger partial charge in [-0.2, -0.15) is 0 Å². The van der Waals surface area contributed by atoms with E-state index in [1.54, 1.807) is 7.11 Å². The van der Waals surface area contributed by atoms with E-state index in [9.17, 15) is 0 Å². The third kappa shape index (κ3) is 2.86. The topological polar surface area (TPSA) is 12.5 Å². The summed E-state index contributed by atoms with van der Waals surface area (Å²) in [4.78, 5) is 2.38. The summed E-state index contributed by atoms with van der Waals surface area (Å²) in [5.41, 5.74) is 1.29. The molecule has 15 heavy (non-hydrogen) atoms. The van der Waals surface area contributed by atoms with Crippen molar-refractivity contribution in [2.45, 2.75) is 18.3 Å². The number of alkyl halides is 1. The SMILES string of the molecule is COc1cccc(CN2CCC(Cl)C2)c1. The van der Waals surface area contributed by atoms with Crippen molar-refractivity contribution in [2.24, 2.45) is 0 Å². The van der Waals surface area contributed by atoms with Crippen LogP contribution in [0, 0.1) is 0 Å². The Labute approximate surface area is 95.8 Å². The van der Waals surface area contributed by atoms with E-state index in [1.165, 1.54) is 5.56 Å². The van der Waals surface area contributed by atoms with E-state index >= 15 is 0 Å². The second-order valence-electron chi connectivity index (χ2n) is 3.97. The molecule has 3 heteroatoms. The van der Waals surface area contributed by atoms with Gasteiger partial charge in [0.05, 0.1) is 7.11 Å². The van der Waals surface area contributed by atoms with Crippen LogP contribution in [-0.2, 0) is 6.54 Å². The fraction of sp³-hybridized carbons (Fsp3) is 0.500. The average molecular weight is 226 g/mol. The minimum Gasteiger partial charge on any atom is -0.497 e. The Bertz CT molecular complexity index is 329. The van der Waals surface area contributed by atoms with Gasteiger partial charge in [0.2, 0.25) is 0 Å². The number of methoxy groups -OCH3 is 1. The van der Waals surface area contributed by atoms with Gasteiger partial charge in [-0.05, 0) is 30.7 Å². The van der Waals surface area contributed by atoms with Gasteiger partial charge in [0.1, 0.15) is 5.75 Å². The van der Waals surface area contributed by atoms with E-state index < -0.39 is 0 Å². The normalized spacial score (nSPS) is 21.9. The van der Waals surface area contributed by atoms with Crippen molar-refractivity contribution >= 4 is 11.6 Å². The monoisotopic (exact) mass is 225 g/mol. The summed E-state index contributed by atoms with van der Waals surface area (Å²) in [5.74, 6) is 0.925. The van der Waals surface area contributed by atoms with Crippen LogP contribution in [0.25, 0.3) is 0 Å². The number of likely N-dealkylation sites (tertiary alicyclic amines) is 1. The molecule has 1 heterocycles. The fourth-order valence-electron chi connectivity index (χ4n) is 1.96. The summed E-state index contributed by atoms with van der Waals surface area (Å²) in [6, 6.07) is 8.21. The standard InChI is InChI=1S/C12H16ClNO/c1-15-12-4-2-3-10(7-12)8-14-6-5-11(13)9-14/h2-4,7,11H,5-6,8-9H2,1H3. The molecule has 1 aliphatic heterocycles. The molecule has 0 bridgehead atoms. The number of halogens is 1. The highest BCUT2D eigenvalue weighted by Gasteiger charge is 2.19. The van der Waals surface area contributed by atoms with Crippen molar-refractivity contribution in [1.29, 1.82) is 0 Å². The van der Waals surface area contributed by atoms with E-state index in [-0.39, 0.29) is 0 Å². The van der Waals surface area contributed by atoms with Crippen molar-refractivity contribution in [2.75, 3.05) is 20.2 Å². The first-order valence-electron chi connectivity index (χ1n) is 5.27. The lowest BCUT2D eigenvalue weighted by Crippen LogP contribution is -2.20. The lowest BCUT2D eigenvalue weighted by Gasteiger charge is -2.15. The molecular formula is C12H16ClNO. The largest absolute Gasteiger partial charge is 0.497 e. The quantitative estimate of drug-likeness (QED) is 0.733. The van der Waals surface area contributed by atoms with Gasteiger partial charge in [-0.3, -0.25) is 4.90 Å². The highest BCUT2D eigenvalue weighted by Crippen LogP contribution is 2.19. The number of ether oxygens (including phenoxy) is 1. The maximum atomic E-state index is 6.07. The Kier molecular flexibility index (Phi) is 3.49. The minimum atomic E-state index is 0.329. The molecule has 1 aliphatic rings. The van der Waals surface area contributed by atoms with Crippen molar-refractivity contribution in [3.63, 3.8) is 0 Å². The summed E-state index contributed by atoms with van der Waals surface area (Å²) in [6.45, 7) is 3.07. The first-order chi connectivity index (χ1) is 7.28. The summed E-state index contributed by atoms with van der Waals surface area (Å²) in [5, 5.41) is 0.329. The zero-order valence-corrected chi connectivity index (χ0v) is 9.70. The molecule has 1 aromatic carbocycles. The van der Waals surface area contributed by atoms with Crippen LogP contribution in [0.15, 0.2) is 24.3 Å². The second kappa shape index (κ2) is 4.86. The van der Waals surface area contributed by atoms with Gasteiger partial charge in [0, 0.05) is 18.5 Å². The molecule has 0 N–H and O–H groups in total. The predicted octanol–water partition coefficient (Wildman–Crippen LogP) is 2.51. The van der Waals surface area contributed by atoms with Gasteiger partial charge in [-0.1, -0.05) is 12.1 Å². The first-order valence-corrected chi connectivity index (χ1v) is 5.71. The molecule has 1 atom stereocenters. The van der Waals surface area contributed by atoms with Crippen LogP contribution in [0.2, 0.25) is 0 Å². The third-order valence-corrected chi connectivity index (χ3v) is 3.11.